The largest absolute Gasteiger partial charge is 0.396 e. The molecular formula is C17H25N3O5S. The third kappa shape index (κ3) is 5.26. The minimum absolute atomic E-state index is 0.0000677. The van der Waals surface area contributed by atoms with Crippen molar-refractivity contribution >= 4 is 27.5 Å². The molecule has 0 spiro atoms. The van der Waals surface area contributed by atoms with E-state index in [4.69, 9.17) is 5.11 Å². The van der Waals surface area contributed by atoms with Crippen molar-refractivity contribution in [2.24, 2.45) is 5.92 Å². The molecule has 1 fully saturated rings. The van der Waals surface area contributed by atoms with Gasteiger partial charge in [-0.3, -0.25) is 9.59 Å². The number of sulfonamides is 1. The molecule has 0 radical (unpaired) electrons. The summed E-state index contributed by atoms with van der Waals surface area (Å²) in [6, 6.07) is 5.98. The molecule has 1 atom stereocenters. The van der Waals surface area contributed by atoms with Crippen LogP contribution < -0.4 is 10.6 Å². The van der Waals surface area contributed by atoms with Crippen LogP contribution in [0.25, 0.3) is 0 Å². The van der Waals surface area contributed by atoms with E-state index in [0.717, 1.165) is 0 Å². The molecule has 0 aromatic heterocycles. The van der Waals surface area contributed by atoms with Crippen LogP contribution in [0.15, 0.2) is 29.2 Å². The molecule has 3 N–H and O–H groups in total. The van der Waals surface area contributed by atoms with Crippen LogP contribution in [-0.4, -0.2) is 55.9 Å². The zero-order chi connectivity index (χ0) is 19.2. The molecule has 1 aliphatic heterocycles. The molecule has 1 heterocycles. The van der Waals surface area contributed by atoms with E-state index in [2.05, 4.69) is 10.6 Å². The SMILES string of the molecule is CC(=O)Nc1ccc(S(=O)(=O)N2CCCC(C(=O)NCCCO)C2)cc1. The molecular weight excluding hydrogens is 358 g/mol. The quantitative estimate of drug-likeness (QED) is 0.595. The number of rotatable bonds is 7. The third-order valence-electron chi connectivity index (χ3n) is 4.20. The fourth-order valence-corrected chi connectivity index (χ4v) is 4.40. The van der Waals surface area contributed by atoms with Crippen molar-refractivity contribution in [3.63, 3.8) is 0 Å². The Hall–Kier alpha value is -1.97. The predicted molar refractivity (Wildman–Crippen MR) is 96.9 cm³/mol. The maximum Gasteiger partial charge on any atom is 0.243 e. The van der Waals surface area contributed by atoms with E-state index >= 15 is 0 Å². The van der Waals surface area contributed by atoms with Gasteiger partial charge in [0.25, 0.3) is 0 Å². The second-order valence-electron chi connectivity index (χ2n) is 6.28. The van der Waals surface area contributed by atoms with Crippen molar-refractivity contribution in [1.29, 1.82) is 0 Å². The first-order valence-corrected chi connectivity index (χ1v) is 10.0. The van der Waals surface area contributed by atoms with Crippen LogP contribution in [-0.2, 0) is 19.6 Å². The van der Waals surface area contributed by atoms with E-state index < -0.39 is 15.9 Å². The number of aliphatic hydroxyl groups is 1. The highest BCUT2D eigenvalue weighted by molar-refractivity contribution is 7.89. The van der Waals surface area contributed by atoms with Gasteiger partial charge in [-0.15, -0.1) is 0 Å². The van der Waals surface area contributed by atoms with Crippen molar-refractivity contribution in [2.45, 2.75) is 31.1 Å². The Balaban J connectivity index is 2.05. The first-order chi connectivity index (χ1) is 12.3. The number of piperidine rings is 1. The lowest BCUT2D eigenvalue weighted by atomic mass is 9.99. The van der Waals surface area contributed by atoms with Gasteiger partial charge in [-0.1, -0.05) is 0 Å². The van der Waals surface area contributed by atoms with Crippen molar-refractivity contribution in [3.8, 4) is 0 Å². The maximum absolute atomic E-state index is 12.8. The van der Waals surface area contributed by atoms with E-state index in [9.17, 15) is 18.0 Å². The van der Waals surface area contributed by atoms with Gasteiger partial charge in [0.05, 0.1) is 10.8 Å². The minimum Gasteiger partial charge on any atom is -0.396 e. The zero-order valence-corrected chi connectivity index (χ0v) is 15.6. The molecule has 1 unspecified atom stereocenters. The summed E-state index contributed by atoms with van der Waals surface area (Å²) in [6.45, 7) is 2.27. The normalized spacial score (nSPS) is 18.3. The number of nitrogens with one attached hydrogen (secondary N) is 2. The van der Waals surface area contributed by atoms with Crippen molar-refractivity contribution in [1.82, 2.24) is 9.62 Å². The fourth-order valence-electron chi connectivity index (χ4n) is 2.87. The second kappa shape index (κ2) is 9.11. The summed E-state index contributed by atoms with van der Waals surface area (Å²) in [5.74, 6) is -0.804. The Bertz CT molecular complexity index is 733. The van der Waals surface area contributed by atoms with E-state index in [1.807, 2.05) is 0 Å². The summed E-state index contributed by atoms with van der Waals surface area (Å²) >= 11 is 0. The summed E-state index contributed by atoms with van der Waals surface area (Å²) in [4.78, 5) is 23.4. The van der Waals surface area contributed by atoms with Crippen LogP contribution in [0.5, 0.6) is 0 Å². The number of carbonyl (C=O) groups is 2. The average molecular weight is 383 g/mol. The summed E-state index contributed by atoms with van der Waals surface area (Å²) < 4.78 is 27.0. The van der Waals surface area contributed by atoms with Crippen LogP contribution in [0.4, 0.5) is 5.69 Å². The van der Waals surface area contributed by atoms with Gasteiger partial charge >= 0.3 is 0 Å². The van der Waals surface area contributed by atoms with Gasteiger partial charge in [0.1, 0.15) is 0 Å². The van der Waals surface area contributed by atoms with Crippen LogP contribution in [0.1, 0.15) is 26.2 Å². The van der Waals surface area contributed by atoms with Crippen LogP contribution >= 0.6 is 0 Å². The molecule has 2 rings (SSSR count). The monoisotopic (exact) mass is 383 g/mol. The average Bonchev–Trinajstić information content (AvgIpc) is 2.62. The topological polar surface area (TPSA) is 116 Å². The van der Waals surface area contributed by atoms with E-state index in [0.29, 0.717) is 38.0 Å². The van der Waals surface area contributed by atoms with Crippen molar-refractivity contribution < 1.29 is 23.1 Å². The lowest BCUT2D eigenvalue weighted by Crippen LogP contribution is -2.45. The molecule has 1 aromatic rings. The van der Waals surface area contributed by atoms with E-state index in [1.54, 1.807) is 0 Å². The number of anilines is 1. The highest BCUT2D eigenvalue weighted by atomic mass is 32.2. The number of carbonyl (C=O) groups excluding carboxylic acids is 2. The Labute approximate surface area is 153 Å². The third-order valence-corrected chi connectivity index (χ3v) is 6.08. The van der Waals surface area contributed by atoms with E-state index in [-0.39, 0.29) is 29.9 Å². The Morgan fingerprint density at radius 1 is 1.27 bits per heavy atom. The Morgan fingerprint density at radius 3 is 2.58 bits per heavy atom. The summed E-state index contributed by atoms with van der Waals surface area (Å²) in [5.41, 5.74) is 0.524. The fraction of sp³-hybridized carbons (Fsp3) is 0.529. The summed E-state index contributed by atoms with van der Waals surface area (Å²) in [6.07, 6.45) is 1.72. The van der Waals surface area contributed by atoms with Crippen molar-refractivity contribution in [2.75, 3.05) is 31.6 Å². The molecule has 1 aromatic carbocycles. The van der Waals surface area contributed by atoms with Gasteiger partial charge < -0.3 is 15.7 Å². The standard InChI is InChI=1S/C17H25N3O5S/c1-13(22)19-15-5-7-16(8-6-15)26(24,25)20-10-2-4-14(12-20)17(23)18-9-3-11-21/h5-8,14,21H,2-4,9-12H2,1H3,(H,18,23)(H,19,22). The molecule has 0 aliphatic carbocycles. The van der Waals surface area contributed by atoms with Crippen LogP contribution in [0, 0.1) is 5.92 Å². The molecule has 26 heavy (non-hydrogen) atoms. The molecule has 1 aliphatic rings. The number of benzene rings is 1. The van der Waals surface area contributed by atoms with Gasteiger partial charge in [-0.05, 0) is 43.5 Å². The molecule has 0 bridgehead atoms. The van der Waals surface area contributed by atoms with Crippen LogP contribution in [0.2, 0.25) is 0 Å². The van der Waals surface area contributed by atoms with Gasteiger partial charge in [0, 0.05) is 38.9 Å². The number of aliphatic hydroxyl groups excluding tert-OH is 1. The number of hydrogen-bond donors (Lipinski definition) is 3. The smallest absolute Gasteiger partial charge is 0.243 e. The molecule has 1 saturated heterocycles. The molecule has 8 nitrogen and oxygen atoms in total. The lowest BCUT2D eigenvalue weighted by Gasteiger charge is -2.31. The number of amides is 2. The summed E-state index contributed by atoms with van der Waals surface area (Å²) in [5, 5.41) is 14.1. The van der Waals surface area contributed by atoms with Gasteiger partial charge in [-0.2, -0.15) is 4.31 Å². The predicted octanol–water partition coefficient (Wildman–Crippen LogP) is 0.544. The zero-order valence-electron chi connectivity index (χ0n) is 14.8. The van der Waals surface area contributed by atoms with Gasteiger partial charge in [-0.25, -0.2) is 8.42 Å². The van der Waals surface area contributed by atoms with Crippen LogP contribution in [0.3, 0.4) is 0 Å². The lowest BCUT2D eigenvalue weighted by molar-refractivity contribution is -0.126. The first-order valence-electron chi connectivity index (χ1n) is 8.61. The second-order valence-corrected chi connectivity index (χ2v) is 8.21. The Kier molecular flexibility index (Phi) is 7.13. The molecule has 144 valence electrons. The van der Waals surface area contributed by atoms with Gasteiger partial charge in [0.2, 0.25) is 21.8 Å². The molecule has 2 amide bonds. The maximum atomic E-state index is 12.8. The highest BCUT2D eigenvalue weighted by Crippen LogP contribution is 2.24. The van der Waals surface area contributed by atoms with Crippen molar-refractivity contribution in [3.05, 3.63) is 24.3 Å². The summed E-state index contributed by atoms with van der Waals surface area (Å²) in [7, 11) is -3.70. The molecule has 9 heteroatoms. The van der Waals surface area contributed by atoms with Gasteiger partial charge in [0.15, 0.2) is 0 Å². The molecule has 0 saturated carbocycles. The number of hydrogen-bond acceptors (Lipinski definition) is 5. The number of nitrogens with zero attached hydrogens (tertiary/aromatic N) is 1. The highest BCUT2D eigenvalue weighted by Gasteiger charge is 2.33. The minimum atomic E-state index is -3.70. The first kappa shape index (κ1) is 20.3. The Morgan fingerprint density at radius 2 is 1.96 bits per heavy atom. The van der Waals surface area contributed by atoms with E-state index in [1.165, 1.54) is 35.5 Å².